The summed E-state index contributed by atoms with van der Waals surface area (Å²) in [5, 5.41) is 17.2. The SMILES string of the molecule is CCc1c(C)nn2c(C)cc(C(=O)Nc3cccc(CN4CCC(O)C4)c3)nc12. The van der Waals surface area contributed by atoms with Crippen molar-refractivity contribution in [2.45, 2.75) is 46.3 Å². The van der Waals surface area contributed by atoms with Crippen molar-refractivity contribution in [1.82, 2.24) is 19.5 Å². The van der Waals surface area contributed by atoms with Crippen molar-refractivity contribution in [3.05, 3.63) is 58.5 Å². The summed E-state index contributed by atoms with van der Waals surface area (Å²) in [5.74, 6) is -0.231. The number of anilines is 1. The van der Waals surface area contributed by atoms with Crippen LogP contribution in [-0.4, -0.2) is 49.7 Å². The van der Waals surface area contributed by atoms with E-state index in [2.05, 4.69) is 27.2 Å². The molecule has 1 unspecified atom stereocenters. The smallest absolute Gasteiger partial charge is 0.274 e. The number of carbonyl (C=O) groups is 1. The van der Waals surface area contributed by atoms with Gasteiger partial charge in [-0.25, -0.2) is 9.50 Å². The van der Waals surface area contributed by atoms with Crippen LogP contribution in [0.1, 0.15) is 46.3 Å². The Hall–Kier alpha value is -2.77. The number of amides is 1. The predicted octanol–water partition coefficient (Wildman–Crippen LogP) is 2.73. The van der Waals surface area contributed by atoms with Crippen molar-refractivity contribution in [3.63, 3.8) is 0 Å². The van der Waals surface area contributed by atoms with Crippen LogP contribution < -0.4 is 5.32 Å². The standard InChI is InChI=1S/C22H27N5O2/c1-4-19-15(3)25-27-14(2)10-20(24-21(19)27)22(29)23-17-7-5-6-16(11-17)12-26-9-8-18(28)13-26/h5-7,10-11,18,28H,4,8-9,12-13H2,1-3H3,(H,23,29). The highest BCUT2D eigenvalue weighted by atomic mass is 16.3. The first-order valence-corrected chi connectivity index (χ1v) is 10.1. The lowest BCUT2D eigenvalue weighted by molar-refractivity contribution is 0.102. The van der Waals surface area contributed by atoms with E-state index in [4.69, 9.17) is 0 Å². The number of benzene rings is 1. The number of nitrogens with zero attached hydrogens (tertiary/aromatic N) is 4. The van der Waals surface area contributed by atoms with Crippen molar-refractivity contribution in [2.24, 2.45) is 0 Å². The third-order valence-corrected chi connectivity index (χ3v) is 5.49. The Labute approximate surface area is 170 Å². The van der Waals surface area contributed by atoms with Gasteiger partial charge < -0.3 is 10.4 Å². The van der Waals surface area contributed by atoms with Gasteiger partial charge in [-0.05, 0) is 50.5 Å². The van der Waals surface area contributed by atoms with Crippen LogP contribution in [0.15, 0.2) is 30.3 Å². The molecule has 0 aliphatic carbocycles. The minimum absolute atomic E-state index is 0.231. The second kappa shape index (κ2) is 7.93. The second-order valence-corrected chi connectivity index (χ2v) is 7.77. The molecular formula is C22H27N5O2. The number of carbonyl (C=O) groups excluding carboxylic acids is 1. The summed E-state index contributed by atoms with van der Waals surface area (Å²) in [6.07, 6.45) is 1.40. The molecule has 1 aromatic carbocycles. The molecule has 3 aromatic rings. The number of hydrogen-bond donors (Lipinski definition) is 2. The van der Waals surface area contributed by atoms with Gasteiger partial charge in [0, 0.05) is 36.6 Å². The van der Waals surface area contributed by atoms with Crippen LogP contribution >= 0.6 is 0 Å². The molecule has 0 saturated carbocycles. The van der Waals surface area contributed by atoms with Crippen LogP contribution in [0.4, 0.5) is 5.69 Å². The number of aliphatic hydroxyl groups is 1. The molecule has 1 saturated heterocycles. The maximum Gasteiger partial charge on any atom is 0.274 e. The molecule has 1 amide bonds. The van der Waals surface area contributed by atoms with Crippen molar-refractivity contribution in [3.8, 4) is 0 Å². The number of hydrogen-bond acceptors (Lipinski definition) is 5. The van der Waals surface area contributed by atoms with Crippen molar-refractivity contribution in [2.75, 3.05) is 18.4 Å². The maximum atomic E-state index is 12.9. The fourth-order valence-electron chi connectivity index (χ4n) is 4.00. The first-order valence-electron chi connectivity index (χ1n) is 10.1. The quantitative estimate of drug-likeness (QED) is 0.696. The molecule has 1 aliphatic rings. The maximum absolute atomic E-state index is 12.9. The number of nitrogens with one attached hydrogen (secondary N) is 1. The molecule has 1 aliphatic heterocycles. The fraction of sp³-hybridized carbons (Fsp3) is 0.409. The highest BCUT2D eigenvalue weighted by molar-refractivity contribution is 6.03. The van der Waals surface area contributed by atoms with E-state index in [9.17, 15) is 9.90 Å². The summed E-state index contributed by atoms with van der Waals surface area (Å²) in [4.78, 5) is 19.7. The molecule has 0 radical (unpaired) electrons. The van der Waals surface area contributed by atoms with Crippen molar-refractivity contribution >= 4 is 17.2 Å². The number of rotatable bonds is 5. The summed E-state index contributed by atoms with van der Waals surface area (Å²) in [6.45, 7) is 8.33. The molecule has 29 heavy (non-hydrogen) atoms. The molecule has 2 N–H and O–H groups in total. The van der Waals surface area contributed by atoms with Crippen LogP contribution in [-0.2, 0) is 13.0 Å². The lowest BCUT2D eigenvalue weighted by atomic mass is 10.2. The van der Waals surface area contributed by atoms with Gasteiger partial charge in [-0.2, -0.15) is 5.10 Å². The van der Waals surface area contributed by atoms with Gasteiger partial charge in [0.15, 0.2) is 5.65 Å². The van der Waals surface area contributed by atoms with E-state index in [0.717, 1.165) is 59.8 Å². The zero-order chi connectivity index (χ0) is 20.5. The van der Waals surface area contributed by atoms with E-state index < -0.39 is 0 Å². The molecule has 7 nitrogen and oxygen atoms in total. The van der Waals surface area contributed by atoms with Gasteiger partial charge in [0.2, 0.25) is 0 Å². The Bertz CT molecular complexity index is 1060. The molecule has 1 atom stereocenters. The van der Waals surface area contributed by atoms with Crippen LogP contribution in [0.2, 0.25) is 0 Å². The molecule has 0 bridgehead atoms. The van der Waals surface area contributed by atoms with E-state index in [-0.39, 0.29) is 12.0 Å². The van der Waals surface area contributed by atoms with E-state index >= 15 is 0 Å². The van der Waals surface area contributed by atoms with Crippen molar-refractivity contribution < 1.29 is 9.90 Å². The molecule has 7 heteroatoms. The van der Waals surface area contributed by atoms with Crippen molar-refractivity contribution in [1.29, 1.82) is 0 Å². The Morgan fingerprint density at radius 1 is 1.31 bits per heavy atom. The number of β-amino-alcohol motifs (C(OH)–C–C–N with tert-alkyl or cyclic N) is 1. The van der Waals surface area contributed by atoms with E-state index in [1.807, 2.05) is 38.1 Å². The number of aliphatic hydroxyl groups excluding tert-OH is 1. The average molecular weight is 393 g/mol. The second-order valence-electron chi connectivity index (χ2n) is 7.77. The van der Waals surface area contributed by atoms with Crippen LogP contribution in [0.25, 0.3) is 5.65 Å². The minimum Gasteiger partial charge on any atom is -0.392 e. The number of fused-ring (bicyclic) bond motifs is 1. The predicted molar refractivity (Wildman–Crippen MR) is 112 cm³/mol. The molecule has 1 fully saturated rings. The Morgan fingerprint density at radius 3 is 2.86 bits per heavy atom. The normalized spacial score (nSPS) is 17.2. The summed E-state index contributed by atoms with van der Waals surface area (Å²) >= 11 is 0. The number of aryl methyl sites for hydroxylation is 3. The molecular weight excluding hydrogens is 366 g/mol. The first-order chi connectivity index (χ1) is 13.9. The third-order valence-electron chi connectivity index (χ3n) is 5.49. The summed E-state index contributed by atoms with van der Waals surface area (Å²) < 4.78 is 1.80. The molecule has 4 rings (SSSR count). The van der Waals surface area contributed by atoms with Gasteiger partial charge in [-0.15, -0.1) is 0 Å². The van der Waals surface area contributed by atoms with Gasteiger partial charge in [0.1, 0.15) is 5.69 Å². The summed E-state index contributed by atoms with van der Waals surface area (Å²) in [5.41, 5.74) is 5.87. The Morgan fingerprint density at radius 2 is 2.14 bits per heavy atom. The average Bonchev–Trinajstić information content (AvgIpc) is 3.24. The highest BCUT2D eigenvalue weighted by Gasteiger charge is 2.20. The topological polar surface area (TPSA) is 82.8 Å². The summed E-state index contributed by atoms with van der Waals surface area (Å²) in [6, 6.07) is 9.61. The molecule has 0 spiro atoms. The zero-order valence-electron chi connectivity index (χ0n) is 17.1. The van der Waals surface area contributed by atoms with Crippen LogP contribution in [0.3, 0.4) is 0 Å². The fourth-order valence-corrected chi connectivity index (χ4v) is 4.00. The Balaban J connectivity index is 1.54. The van der Waals surface area contributed by atoms with Crippen LogP contribution in [0.5, 0.6) is 0 Å². The van der Waals surface area contributed by atoms with Gasteiger partial charge in [-0.3, -0.25) is 9.69 Å². The first kappa shape index (κ1) is 19.5. The monoisotopic (exact) mass is 393 g/mol. The highest BCUT2D eigenvalue weighted by Crippen LogP contribution is 2.19. The molecule has 3 heterocycles. The zero-order valence-corrected chi connectivity index (χ0v) is 17.1. The number of aromatic nitrogens is 3. The van der Waals surface area contributed by atoms with Gasteiger partial charge in [0.05, 0.1) is 11.8 Å². The Kier molecular flexibility index (Phi) is 5.34. The lowest BCUT2D eigenvalue weighted by Crippen LogP contribution is -2.21. The van der Waals surface area contributed by atoms with Gasteiger partial charge >= 0.3 is 0 Å². The number of likely N-dealkylation sites (tertiary alicyclic amines) is 1. The van der Waals surface area contributed by atoms with E-state index in [1.165, 1.54) is 0 Å². The summed E-state index contributed by atoms with van der Waals surface area (Å²) in [7, 11) is 0. The van der Waals surface area contributed by atoms with Crippen LogP contribution in [0, 0.1) is 13.8 Å². The third kappa shape index (κ3) is 4.02. The minimum atomic E-state index is -0.234. The largest absolute Gasteiger partial charge is 0.392 e. The van der Waals surface area contributed by atoms with Gasteiger partial charge in [0.25, 0.3) is 5.91 Å². The molecule has 2 aromatic heterocycles. The lowest BCUT2D eigenvalue weighted by Gasteiger charge is -2.15. The van der Waals surface area contributed by atoms with E-state index in [0.29, 0.717) is 12.2 Å². The van der Waals surface area contributed by atoms with Gasteiger partial charge in [-0.1, -0.05) is 19.1 Å². The van der Waals surface area contributed by atoms with E-state index in [1.54, 1.807) is 10.6 Å². The molecule has 152 valence electrons.